The highest BCUT2D eigenvalue weighted by Crippen LogP contribution is 2.12. The number of imidazole rings is 1. The second kappa shape index (κ2) is 5.28. The van der Waals surface area contributed by atoms with Crippen molar-refractivity contribution in [1.29, 1.82) is 0 Å². The van der Waals surface area contributed by atoms with Gasteiger partial charge in [-0.05, 0) is 13.8 Å². The molecule has 0 atom stereocenters. The molecule has 0 aromatic carbocycles. The lowest BCUT2D eigenvalue weighted by atomic mass is 10.4. The molecule has 0 spiro atoms. The lowest BCUT2D eigenvalue weighted by Crippen LogP contribution is -2.38. The topological polar surface area (TPSA) is 56.0 Å². The summed E-state index contributed by atoms with van der Waals surface area (Å²) in [4.78, 5) is 22.9. The molecule has 1 aromatic heterocycles. The minimum atomic E-state index is -4.45. The molecule has 0 aliphatic carbocycles. The van der Waals surface area contributed by atoms with E-state index in [0.717, 1.165) is 4.57 Å². The maximum atomic E-state index is 11.9. The molecule has 8 heteroatoms. The van der Waals surface area contributed by atoms with Crippen LogP contribution in [0.2, 0.25) is 0 Å². The van der Waals surface area contributed by atoms with Crippen molar-refractivity contribution in [2.75, 3.05) is 6.54 Å². The number of hydrogen-bond donors (Lipinski definition) is 1. The fourth-order valence-electron chi connectivity index (χ4n) is 1.35. The number of carbonyl (C=O) groups is 1. The molecule has 0 aliphatic rings. The number of alkyl halides is 3. The van der Waals surface area contributed by atoms with Crippen LogP contribution in [-0.4, -0.2) is 27.8 Å². The average molecular weight is 265 g/mol. The van der Waals surface area contributed by atoms with E-state index in [0.29, 0.717) is 0 Å². The molecular formula is C10H14F3N3O2. The highest BCUT2D eigenvalue weighted by atomic mass is 19.4. The zero-order valence-corrected chi connectivity index (χ0v) is 9.99. The number of nitrogens with zero attached hydrogens (tertiary/aromatic N) is 2. The molecule has 5 nitrogen and oxygen atoms in total. The van der Waals surface area contributed by atoms with Gasteiger partial charge in [0.1, 0.15) is 13.1 Å². The van der Waals surface area contributed by atoms with Crippen LogP contribution in [-0.2, 0) is 11.3 Å². The zero-order valence-electron chi connectivity index (χ0n) is 9.99. The van der Waals surface area contributed by atoms with E-state index in [1.165, 1.54) is 17.0 Å². The van der Waals surface area contributed by atoms with Gasteiger partial charge in [-0.1, -0.05) is 0 Å². The highest BCUT2D eigenvalue weighted by molar-refractivity contribution is 5.75. The normalized spacial score (nSPS) is 11.9. The molecule has 0 aliphatic heterocycles. The van der Waals surface area contributed by atoms with Gasteiger partial charge in [0.2, 0.25) is 5.91 Å². The second-order valence-electron chi connectivity index (χ2n) is 4.10. The number of amides is 1. The van der Waals surface area contributed by atoms with Crippen LogP contribution < -0.4 is 11.0 Å². The van der Waals surface area contributed by atoms with Gasteiger partial charge >= 0.3 is 11.9 Å². The molecule has 1 amide bonds. The van der Waals surface area contributed by atoms with Gasteiger partial charge in [0, 0.05) is 18.4 Å². The summed E-state index contributed by atoms with van der Waals surface area (Å²) in [5.74, 6) is -0.851. The summed E-state index contributed by atoms with van der Waals surface area (Å²) in [6.07, 6.45) is -1.59. The van der Waals surface area contributed by atoms with E-state index >= 15 is 0 Å². The van der Waals surface area contributed by atoms with Gasteiger partial charge in [-0.15, -0.1) is 0 Å². The number of aromatic nitrogens is 2. The lowest BCUT2D eigenvalue weighted by Gasteiger charge is -2.08. The molecule has 0 saturated heterocycles. The summed E-state index contributed by atoms with van der Waals surface area (Å²) in [5, 5.41) is 1.70. The molecule has 0 bridgehead atoms. The van der Waals surface area contributed by atoms with Crippen molar-refractivity contribution in [3.8, 4) is 0 Å². The van der Waals surface area contributed by atoms with Gasteiger partial charge in [0.05, 0.1) is 0 Å². The monoisotopic (exact) mass is 265 g/mol. The summed E-state index contributed by atoms with van der Waals surface area (Å²) < 4.78 is 38.0. The predicted octanol–water partition coefficient (Wildman–Crippen LogP) is 0.909. The van der Waals surface area contributed by atoms with Crippen molar-refractivity contribution >= 4 is 5.91 Å². The van der Waals surface area contributed by atoms with E-state index in [2.05, 4.69) is 0 Å². The van der Waals surface area contributed by atoms with Gasteiger partial charge in [0.25, 0.3) is 0 Å². The fourth-order valence-corrected chi connectivity index (χ4v) is 1.35. The van der Waals surface area contributed by atoms with Crippen molar-refractivity contribution in [3.63, 3.8) is 0 Å². The Labute approximate surface area is 101 Å². The first-order valence-electron chi connectivity index (χ1n) is 5.31. The summed E-state index contributed by atoms with van der Waals surface area (Å²) in [6.45, 7) is 1.75. The Bertz CT molecular complexity index is 473. The Morgan fingerprint density at radius 2 is 2.00 bits per heavy atom. The van der Waals surface area contributed by atoms with Crippen LogP contribution in [0, 0.1) is 0 Å². The standard InChI is InChI=1S/C10H14F3N3O2/c1-7(2)16-4-3-15(9(16)18)5-8(17)14-6-10(11,12)13/h3-4,7H,5-6H2,1-2H3,(H,14,17). The number of carbonyl (C=O) groups excluding carboxylic acids is 1. The number of hydrogen-bond acceptors (Lipinski definition) is 2. The van der Waals surface area contributed by atoms with Crippen molar-refractivity contribution in [2.24, 2.45) is 0 Å². The van der Waals surface area contributed by atoms with Crippen LogP contribution in [0.15, 0.2) is 17.2 Å². The molecule has 1 N–H and O–H groups in total. The Morgan fingerprint density at radius 3 is 2.44 bits per heavy atom. The summed E-state index contributed by atoms with van der Waals surface area (Å²) in [6, 6.07) is -0.0722. The smallest absolute Gasteiger partial charge is 0.345 e. The van der Waals surface area contributed by atoms with Crippen LogP contribution >= 0.6 is 0 Å². The maximum absolute atomic E-state index is 11.9. The summed E-state index contributed by atoms with van der Waals surface area (Å²) >= 11 is 0. The Morgan fingerprint density at radius 1 is 1.39 bits per heavy atom. The van der Waals surface area contributed by atoms with Gasteiger partial charge in [-0.3, -0.25) is 13.9 Å². The summed E-state index contributed by atoms with van der Waals surface area (Å²) in [7, 11) is 0. The number of rotatable bonds is 4. The van der Waals surface area contributed by atoms with E-state index in [-0.39, 0.29) is 6.04 Å². The Hall–Kier alpha value is -1.73. The van der Waals surface area contributed by atoms with Gasteiger partial charge < -0.3 is 5.32 Å². The molecule has 18 heavy (non-hydrogen) atoms. The van der Waals surface area contributed by atoms with E-state index in [4.69, 9.17) is 0 Å². The molecule has 0 unspecified atom stereocenters. The Balaban J connectivity index is 2.63. The first-order chi connectivity index (χ1) is 8.20. The molecular weight excluding hydrogens is 251 g/mol. The molecule has 0 fully saturated rings. The van der Waals surface area contributed by atoms with E-state index in [9.17, 15) is 22.8 Å². The molecule has 1 heterocycles. The SMILES string of the molecule is CC(C)n1ccn(CC(=O)NCC(F)(F)F)c1=O. The van der Waals surface area contributed by atoms with Crippen molar-refractivity contribution in [1.82, 2.24) is 14.5 Å². The van der Waals surface area contributed by atoms with Gasteiger partial charge in [-0.25, -0.2) is 4.79 Å². The minimum Gasteiger partial charge on any atom is -0.345 e. The van der Waals surface area contributed by atoms with E-state index in [1.54, 1.807) is 19.2 Å². The second-order valence-corrected chi connectivity index (χ2v) is 4.10. The van der Waals surface area contributed by atoms with Crippen LogP contribution in [0.4, 0.5) is 13.2 Å². The number of nitrogens with one attached hydrogen (secondary N) is 1. The zero-order chi connectivity index (χ0) is 13.9. The van der Waals surface area contributed by atoms with Crippen LogP contribution in [0.3, 0.4) is 0 Å². The average Bonchev–Trinajstić information content (AvgIpc) is 2.57. The van der Waals surface area contributed by atoms with Crippen molar-refractivity contribution in [3.05, 3.63) is 22.9 Å². The molecule has 0 saturated carbocycles. The molecule has 1 aromatic rings. The quantitative estimate of drug-likeness (QED) is 0.879. The minimum absolute atomic E-state index is 0.0722. The van der Waals surface area contributed by atoms with E-state index in [1.807, 2.05) is 0 Å². The Kier molecular flexibility index (Phi) is 4.20. The third kappa shape index (κ3) is 3.94. The van der Waals surface area contributed by atoms with Crippen molar-refractivity contribution < 1.29 is 18.0 Å². The molecule has 102 valence electrons. The number of halogens is 3. The maximum Gasteiger partial charge on any atom is 0.405 e. The van der Waals surface area contributed by atoms with Crippen LogP contribution in [0.5, 0.6) is 0 Å². The first kappa shape index (κ1) is 14.3. The van der Waals surface area contributed by atoms with E-state index < -0.39 is 30.9 Å². The largest absolute Gasteiger partial charge is 0.405 e. The van der Waals surface area contributed by atoms with Crippen molar-refractivity contribution in [2.45, 2.75) is 32.6 Å². The molecule has 1 rings (SSSR count). The predicted molar refractivity (Wildman–Crippen MR) is 58.1 cm³/mol. The lowest BCUT2D eigenvalue weighted by molar-refractivity contribution is -0.138. The fraction of sp³-hybridized carbons (Fsp3) is 0.600. The van der Waals surface area contributed by atoms with Crippen LogP contribution in [0.1, 0.15) is 19.9 Å². The third-order valence-corrected chi connectivity index (χ3v) is 2.23. The van der Waals surface area contributed by atoms with Gasteiger partial charge in [0.15, 0.2) is 0 Å². The third-order valence-electron chi connectivity index (χ3n) is 2.23. The van der Waals surface area contributed by atoms with Crippen LogP contribution in [0.25, 0.3) is 0 Å². The van der Waals surface area contributed by atoms with Gasteiger partial charge in [-0.2, -0.15) is 13.2 Å². The highest BCUT2D eigenvalue weighted by Gasteiger charge is 2.27. The first-order valence-corrected chi connectivity index (χ1v) is 5.31. The summed E-state index contributed by atoms with van der Waals surface area (Å²) in [5.41, 5.74) is -0.424. The molecule has 0 radical (unpaired) electrons.